The maximum Gasteiger partial charge on any atom is 0.270 e. The van der Waals surface area contributed by atoms with E-state index in [1.165, 1.54) is 18.2 Å². The molecule has 8 heteroatoms. The van der Waals surface area contributed by atoms with E-state index in [2.05, 4.69) is 9.80 Å². The van der Waals surface area contributed by atoms with Crippen LogP contribution < -0.4 is 9.64 Å². The Morgan fingerprint density at radius 2 is 1.85 bits per heavy atom. The zero-order chi connectivity index (χ0) is 18.8. The lowest BCUT2D eigenvalue weighted by atomic mass is 10.1. The van der Waals surface area contributed by atoms with Crippen LogP contribution in [0.4, 0.5) is 15.8 Å². The fourth-order valence-electron chi connectivity index (χ4n) is 3.56. The average Bonchev–Trinajstić information content (AvgIpc) is 2.69. The summed E-state index contributed by atoms with van der Waals surface area (Å²) in [4.78, 5) is 15.3. The number of nitrogens with zero attached hydrogens (tertiary/aromatic N) is 3. The molecule has 0 spiro atoms. The molecule has 4 rings (SSSR count). The Morgan fingerprint density at radius 1 is 1.11 bits per heavy atom. The van der Waals surface area contributed by atoms with Crippen LogP contribution in [0.25, 0.3) is 0 Å². The van der Waals surface area contributed by atoms with Gasteiger partial charge in [0.2, 0.25) is 0 Å². The van der Waals surface area contributed by atoms with Gasteiger partial charge >= 0.3 is 0 Å². The lowest BCUT2D eigenvalue weighted by Crippen LogP contribution is -2.46. The Kier molecular flexibility index (Phi) is 4.91. The first-order chi connectivity index (χ1) is 13.1. The van der Waals surface area contributed by atoms with E-state index in [0.29, 0.717) is 18.9 Å². The van der Waals surface area contributed by atoms with E-state index >= 15 is 0 Å². The van der Waals surface area contributed by atoms with Gasteiger partial charge in [0.05, 0.1) is 11.5 Å². The van der Waals surface area contributed by atoms with E-state index in [0.717, 1.165) is 43.0 Å². The molecule has 0 unspecified atom stereocenters. The Morgan fingerprint density at radius 3 is 2.56 bits per heavy atom. The molecule has 2 aromatic carbocycles. The lowest BCUT2D eigenvalue weighted by Gasteiger charge is -2.36. The highest BCUT2D eigenvalue weighted by Crippen LogP contribution is 2.33. The van der Waals surface area contributed by atoms with Crippen molar-refractivity contribution in [1.82, 2.24) is 4.90 Å². The van der Waals surface area contributed by atoms with E-state index in [1.807, 2.05) is 0 Å². The summed E-state index contributed by atoms with van der Waals surface area (Å²) in [6.45, 7) is 4.32. The van der Waals surface area contributed by atoms with Gasteiger partial charge in [0, 0.05) is 61.7 Å². The number of ether oxygens (including phenoxy) is 2. The number of anilines is 1. The molecule has 0 aromatic heterocycles. The van der Waals surface area contributed by atoms with Crippen molar-refractivity contribution in [3.63, 3.8) is 0 Å². The fraction of sp³-hybridized carbons (Fsp3) is 0.368. The third-order valence-corrected chi connectivity index (χ3v) is 4.94. The molecule has 1 saturated heterocycles. The van der Waals surface area contributed by atoms with Crippen molar-refractivity contribution in [1.29, 1.82) is 0 Å². The molecular formula is C19H20FN3O4. The van der Waals surface area contributed by atoms with Crippen LogP contribution in [0, 0.1) is 15.9 Å². The largest absolute Gasteiger partial charge is 0.467 e. The van der Waals surface area contributed by atoms with Crippen LogP contribution in [-0.2, 0) is 17.9 Å². The lowest BCUT2D eigenvalue weighted by molar-refractivity contribution is -0.385. The zero-order valence-corrected chi connectivity index (χ0v) is 14.8. The van der Waals surface area contributed by atoms with Gasteiger partial charge in [-0.3, -0.25) is 15.0 Å². The molecule has 0 radical (unpaired) electrons. The van der Waals surface area contributed by atoms with Crippen molar-refractivity contribution in [2.24, 2.45) is 0 Å². The van der Waals surface area contributed by atoms with Gasteiger partial charge in [-0.1, -0.05) is 0 Å². The first-order valence-corrected chi connectivity index (χ1v) is 8.84. The summed E-state index contributed by atoms with van der Waals surface area (Å²) in [6, 6.07) is 9.62. The van der Waals surface area contributed by atoms with E-state index < -0.39 is 0 Å². The second-order valence-electron chi connectivity index (χ2n) is 6.70. The first-order valence-electron chi connectivity index (χ1n) is 8.84. The molecule has 0 amide bonds. The molecule has 0 N–H and O–H groups in total. The molecule has 0 atom stereocenters. The minimum Gasteiger partial charge on any atom is -0.467 e. The standard InChI is InChI=1S/C19H20FN3O4/c20-16-1-3-17(4-2-16)22-7-5-21(6-8-22)11-14-9-18(23(24)25)10-15-12-26-13-27-19(14)15/h1-4,9-10H,5-8,11-13H2. The maximum absolute atomic E-state index is 13.1. The van der Waals surface area contributed by atoms with Crippen LogP contribution in [0.5, 0.6) is 5.75 Å². The summed E-state index contributed by atoms with van der Waals surface area (Å²) >= 11 is 0. The van der Waals surface area contributed by atoms with Gasteiger partial charge in [-0.2, -0.15) is 0 Å². The van der Waals surface area contributed by atoms with Crippen LogP contribution >= 0.6 is 0 Å². The Labute approximate surface area is 156 Å². The molecule has 1 fully saturated rings. The fourth-order valence-corrected chi connectivity index (χ4v) is 3.56. The number of rotatable bonds is 4. The summed E-state index contributed by atoms with van der Waals surface area (Å²) in [6.07, 6.45) is 0. The van der Waals surface area contributed by atoms with Gasteiger partial charge in [0.1, 0.15) is 11.6 Å². The number of halogens is 1. The van der Waals surface area contributed by atoms with Crippen molar-refractivity contribution in [2.75, 3.05) is 37.9 Å². The highest BCUT2D eigenvalue weighted by Gasteiger charge is 2.24. The number of piperazine rings is 1. The van der Waals surface area contributed by atoms with Crippen LogP contribution in [-0.4, -0.2) is 42.8 Å². The third kappa shape index (κ3) is 3.86. The first kappa shape index (κ1) is 17.7. The summed E-state index contributed by atoms with van der Waals surface area (Å²) < 4.78 is 24.0. The second kappa shape index (κ2) is 7.50. The van der Waals surface area contributed by atoms with Crippen LogP contribution in [0.15, 0.2) is 36.4 Å². The Bertz CT molecular complexity index is 836. The molecule has 0 saturated carbocycles. The Balaban J connectivity index is 1.46. The van der Waals surface area contributed by atoms with Gasteiger partial charge in [0.25, 0.3) is 5.69 Å². The molecule has 27 heavy (non-hydrogen) atoms. The molecule has 7 nitrogen and oxygen atoms in total. The second-order valence-corrected chi connectivity index (χ2v) is 6.70. The highest BCUT2D eigenvalue weighted by atomic mass is 19.1. The molecule has 2 aromatic rings. The number of hydrogen-bond donors (Lipinski definition) is 0. The topological polar surface area (TPSA) is 68.1 Å². The minimum atomic E-state index is -0.384. The highest BCUT2D eigenvalue weighted by molar-refractivity contribution is 5.51. The number of hydrogen-bond acceptors (Lipinski definition) is 6. The van der Waals surface area contributed by atoms with Gasteiger partial charge in [-0.05, 0) is 24.3 Å². The van der Waals surface area contributed by atoms with E-state index in [9.17, 15) is 14.5 Å². The average molecular weight is 373 g/mol. The van der Waals surface area contributed by atoms with E-state index in [4.69, 9.17) is 9.47 Å². The van der Waals surface area contributed by atoms with Gasteiger partial charge in [-0.15, -0.1) is 0 Å². The van der Waals surface area contributed by atoms with Gasteiger partial charge in [-0.25, -0.2) is 4.39 Å². The molecular weight excluding hydrogens is 353 g/mol. The van der Waals surface area contributed by atoms with Gasteiger partial charge < -0.3 is 14.4 Å². The molecule has 2 heterocycles. The van der Waals surface area contributed by atoms with E-state index in [-0.39, 0.29) is 23.2 Å². The van der Waals surface area contributed by atoms with Crippen molar-refractivity contribution in [2.45, 2.75) is 13.2 Å². The van der Waals surface area contributed by atoms with Gasteiger partial charge in [0.15, 0.2) is 6.79 Å². The summed E-state index contributed by atoms with van der Waals surface area (Å²) in [5, 5.41) is 11.2. The monoisotopic (exact) mass is 373 g/mol. The number of non-ortho nitro benzene ring substituents is 1. The molecule has 2 aliphatic rings. The number of benzene rings is 2. The smallest absolute Gasteiger partial charge is 0.270 e. The van der Waals surface area contributed by atoms with Crippen LogP contribution in [0.2, 0.25) is 0 Å². The predicted molar refractivity (Wildman–Crippen MR) is 97.3 cm³/mol. The summed E-state index contributed by atoms with van der Waals surface area (Å²) in [5.41, 5.74) is 2.60. The van der Waals surface area contributed by atoms with Crippen molar-refractivity contribution in [3.05, 3.63) is 63.5 Å². The maximum atomic E-state index is 13.1. The third-order valence-electron chi connectivity index (χ3n) is 4.94. The van der Waals surface area contributed by atoms with E-state index in [1.54, 1.807) is 18.2 Å². The van der Waals surface area contributed by atoms with Crippen LogP contribution in [0.1, 0.15) is 11.1 Å². The molecule has 142 valence electrons. The quantitative estimate of drug-likeness (QED) is 0.606. The van der Waals surface area contributed by atoms with Crippen molar-refractivity contribution >= 4 is 11.4 Å². The summed E-state index contributed by atoms with van der Waals surface area (Å²) in [5.74, 6) is 0.463. The normalized spacial score (nSPS) is 17.3. The Hall–Kier alpha value is -2.71. The van der Waals surface area contributed by atoms with Crippen LogP contribution in [0.3, 0.4) is 0 Å². The molecule has 0 aliphatic carbocycles. The number of nitro benzene ring substituents is 1. The number of fused-ring (bicyclic) bond motifs is 1. The predicted octanol–water partition coefficient (Wildman–Crippen LogP) is 2.92. The molecule has 0 bridgehead atoms. The number of nitro groups is 1. The summed E-state index contributed by atoms with van der Waals surface area (Å²) in [7, 11) is 0. The van der Waals surface area contributed by atoms with Crippen molar-refractivity contribution in [3.8, 4) is 5.75 Å². The zero-order valence-electron chi connectivity index (χ0n) is 14.8. The minimum absolute atomic E-state index is 0.0581. The van der Waals surface area contributed by atoms with Crippen molar-refractivity contribution < 1.29 is 18.8 Å². The SMILES string of the molecule is O=[N+]([O-])c1cc2c(c(CN3CCN(c4ccc(F)cc4)CC3)c1)OCOC2. The molecule has 2 aliphatic heterocycles.